The predicted molar refractivity (Wildman–Crippen MR) is 69.1 cm³/mol. The van der Waals surface area contributed by atoms with Crippen molar-refractivity contribution in [2.45, 2.75) is 31.3 Å². The number of rotatable bonds is 3. The van der Waals surface area contributed by atoms with E-state index in [9.17, 15) is 5.11 Å². The van der Waals surface area contributed by atoms with E-state index in [2.05, 4.69) is 16.0 Å². The van der Waals surface area contributed by atoms with Gasteiger partial charge >= 0.3 is 0 Å². The molecule has 0 amide bonds. The molecule has 1 heterocycles. The Labute approximate surface area is 107 Å². The van der Waals surface area contributed by atoms with E-state index in [1.165, 1.54) is 24.8 Å². The van der Waals surface area contributed by atoms with Crippen molar-refractivity contribution in [2.75, 3.05) is 0 Å². The number of hydrogen-bond donors (Lipinski definition) is 1. The van der Waals surface area contributed by atoms with Gasteiger partial charge in [0, 0.05) is 12.4 Å². The number of aliphatic hydroxyl groups excluding tert-OH is 1. The van der Waals surface area contributed by atoms with Gasteiger partial charge in [-0.2, -0.15) is 0 Å². The minimum absolute atomic E-state index is 0.604. The summed E-state index contributed by atoms with van der Waals surface area (Å²) in [6, 6.07) is 8.13. The first-order valence-electron chi connectivity index (χ1n) is 6.39. The summed E-state index contributed by atoms with van der Waals surface area (Å²) in [6.07, 6.45) is 7.94. The van der Waals surface area contributed by atoms with Gasteiger partial charge in [0.2, 0.25) is 0 Å². The molecule has 0 spiro atoms. The summed E-state index contributed by atoms with van der Waals surface area (Å²) in [5, 5.41) is 10.4. The SMILES string of the molecule is OC(c1cnccn1)c1ccccc1C1CCC1. The number of hydrogen-bond acceptors (Lipinski definition) is 3. The van der Waals surface area contributed by atoms with Gasteiger partial charge in [-0.3, -0.25) is 9.97 Å². The van der Waals surface area contributed by atoms with E-state index in [4.69, 9.17) is 0 Å². The molecule has 3 heteroatoms. The van der Waals surface area contributed by atoms with E-state index < -0.39 is 6.10 Å². The van der Waals surface area contributed by atoms with E-state index in [1.807, 2.05) is 18.2 Å². The van der Waals surface area contributed by atoms with E-state index in [1.54, 1.807) is 18.6 Å². The summed E-state index contributed by atoms with van der Waals surface area (Å²) in [5.74, 6) is 0.604. The summed E-state index contributed by atoms with van der Waals surface area (Å²) in [6.45, 7) is 0. The molecule has 3 rings (SSSR count). The lowest BCUT2D eigenvalue weighted by Crippen LogP contribution is -2.14. The Balaban J connectivity index is 1.96. The van der Waals surface area contributed by atoms with Gasteiger partial charge in [0.25, 0.3) is 0 Å². The molecule has 1 aliphatic carbocycles. The zero-order chi connectivity index (χ0) is 12.4. The Hall–Kier alpha value is -1.74. The Bertz CT molecular complexity index is 523. The second kappa shape index (κ2) is 4.86. The second-order valence-corrected chi connectivity index (χ2v) is 4.79. The van der Waals surface area contributed by atoms with Crippen molar-refractivity contribution in [3.05, 3.63) is 59.7 Å². The summed E-state index contributed by atoms with van der Waals surface area (Å²) in [7, 11) is 0. The first kappa shape index (κ1) is 11.4. The minimum atomic E-state index is -0.671. The van der Waals surface area contributed by atoms with Gasteiger partial charge in [0.1, 0.15) is 6.10 Å². The molecule has 1 atom stereocenters. The maximum Gasteiger partial charge on any atom is 0.123 e. The van der Waals surface area contributed by atoms with Crippen molar-refractivity contribution < 1.29 is 5.11 Å². The Morgan fingerprint density at radius 1 is 1.17 bits per heavy atom. The van der Waals surface area contributed by atoms with Crippen molar-refractivity contribution in [3.8, 4) is 0 Å². The van der Waals surface area contributed by atoms with Gasteiger partial charge in [-0.25, -0.2) is 0 Å². The van der Waals surface area contributed by atoms with Crippen LogP contribution in [-0.2, 0) is 0 Å². The van der Waals surface area contributed by atoms with Crippen LogP contribution in [-0.4, -0.2) is 15.1 Å². The average molecular weight is 240 g/mol. The topological polar surface area (TPSA) is 46.0 Å². The van der Waals surface area contributed by atoms with Crippen molar-refractivity contribution in [1.82, 2.24) is 9.97 Å². The van der Waals surface area contributed by atoms with Crippen molar-refractivity contribution in [1.29, 1.82) is 0 Å². The molecule has 1 N–H and O–H groups in total. The normalized spacial score (nSPS) is 17.2. The van der Waals surface area contributed by atoms with Crippen LogP contribution in [0.15, 0.2) is 42.9 Å². The van der Waals surface area contributed by atoms with Crippen LogP contribution in [0.3, 0.4) is 0 Å². The molecule has 92 valence electrons. The highest BCUT2D eigenvalue weighted by Crippen LogP contribution is 2.40. The van der Waals surface area contributed by atoms with Crippen LogP contribution in [0.25, 0.3) is 0 Å². The molecule has 1 fully saturated rings. The van der Waals surface area contributed by atoms with Gasteiger partial charge < -0.3 is 5.11 Å². The molecule has 3 nitrogen and oxygen atoms in total. The number of aromatic nitrogens is 2. The van der Waals surface area contributed by atoms with Crippen LogP contribution < -0.4 is 0 Å². The van der Waals surface area contributed by atoms with Crippen LogP contribution in [0.2, 0.25) is 0 Å². The van der Waals surface area contributed by atoms with Gasteiger partial charge in [0.05, 0.1) is 11.9 Å². The fraction of sp³-hybridized carbons (Fsp3) is 0.333. The highest BCUT2D eigenvalue weighted by molar-refractivity contribution is 5.36. The lowest BCUT2D eigenvalue weighted by atomic mass is 9.77. The standard InChI is InChI=1S/C15H16N2O/c18-15(14-10-16-8-9-17-14)13-7-2-1-6-12(13)11-4-3-5-11/h1-2,6-11,15,18H,3-5H2. The number of benzene rings is 1. The highest BCUT2D eigenvalue weighted by Gasteiger charge is 2.25. The third-order valence-electron chi connectivity index (χ3n) is 3.70. The first-order valence-corrected chi connectivity index (χ1v) is 6.39. The second-order valence-electron chi connectivity index (χ2n) is 4.79. The van der Waals surface area contributed by atoms with Gasteiger partial charge in [-0.15, -0.1) is 0 Å². The molecule has 18 heavy (non-hydrogen) atoms. The molecule has 0 aliphatic heterocycles. The largest absolute Gasteiger partial charge is 0.382 e. The Morgan fingerprint density at radius 2 is 2.00 bits per heavy atom. The van der Waals surface area contributed by atoms with E-state index in [0.29, 0.717) is 11.6 Å². The molecule has 1 aliphatic rings. The maximum atomic E-state index is 10.4. The predicted octanol–water partition coefficient (Wildman–Crippen LogP) is 2.83. The fourth-order valence-electron chi connectivity index (χ4n) is 2.46. The number of nitrogens with zero attached hydrogens (tertiary/aromatic N) is 2. The van der Waals surface area contributed by atoms with Gasteiger partial charge in [-0.1, -0.05) is 30.7 Å². The van der Waals surface area contributed by atoms with Crippen molar-refractivity contribution in [2.24, 2.45) is 0 Å². The monoisotopic (exact) mass is 240 g/mol. The molecule has 0 saturated heterocycles. The van der Waals surface area contributed by atoms with Gasteiger partial charge in [-0.05, 0) is 29.9 Å². The zero-order valence-electron chi connectivity index (χ0n) is 10.2. The average Bonchev–Trinajstić information content (AvgIpc) is 2.38. The van der Waals surface area contributed by atoms with Crippen LogP contribution in [0.1, 0.15) is 48.1 Å². The van der Waals surface area contributed by atoms with Gasteiger partial charge in [0.15, 0.2) is 0 Å². The van der Waals surface area contributed by atoms with Crippen molar-refractivity contribution in [3.63, 3.8) is 0 Å². The summed E-state index contributed by atoms with van der Waals surface area (Å²) >= 11 is 0. The maximum absolute atomic E-state index is 10.4. The van der Waals surface area contributed by atoms with Crippen LogP contribution in [0.4, 0.5) is 0 Å². The van der Waals surface area contributed by atoms with Crippen LogP contribution in [0, 0.1) is 0 Å². The fourth-order valence-corrected chi connectivity index (χ4v) is 2.46. The molecule has 1 aromatic carbocycles. The smallest absolute Gasteiger partial charge is 0.123 e. The van der Waals surface area contributed by atoms with Crippen molar-refractivity contribution >= 4 is 0 Å². The zero-order valence-corrected chi connectivity index (χ0v) is 10.2. The first-order chi connectivity index (χ1) is 8.86. The third-order valence-corrected chi connectivity index (χ3v) is 3.70. The summed E-state index contributed by atoms with van der Waals surface area (Å²) in [4.78, 5) is 8.20. The minimum Gasteiger partial charge on any atom is -0.382 e. The van der Waals surface area contributed by atoms with E-state index >= 15 is 0 Å². The molecule has 1 aromatic heterocycles. The molecular formula is C15H16N2O. The summed E-state index contributed by atoms with van der Waals surface area (Å²) < 4.78 is 0. The van der Waals surface area contributed by atoms with Crippen LogP contribution in [0.5, 0.6) is 0 Å². The van der Waals surface area contributed by atoms with Crippen LogP contribution >= 0.6 is 0 Å². The quantitative estimate of drug-likeness (QED) is 0.897. The molecule has 0 bridgehead atoms. The molecule has 2 aromatic rings. The Kier molecular flexibility index (Phi) is 3.07. The molecule has 0 radical (unpaired) electrons. The lowest BCUT2D eigenvalue weighted by Gasteiger charge is -2.29. The highest BCUT2D eigenvalue weighted by atomic mass is 16.3. The Morgan fingerprint density at radius 3 is 2.67 bits per heavy atom. The number of aliphatic hydroxyl groups is 1. The van der Waals surface area contributed by atoms with E-state index in [-0.39, 0.29) is 0 Å². The molecular weight excluding hydrogens is 224 g/mol. The van der Waals surface area contributed by atoms with E-state index in [0.717, 1.165) is 5.56 Å². The molecule has 1 unspecified atom stereocenters. The molecule has 1 saturated carbocycles. The lowest BCUT2D eigenvalue weighted by molar-refractivity contribution is 0.211. The third kappa shape index (κ3) is 2.02. The summed E-state index contributed by atoms with van der Waals surface area (Å²) in [5.41, 5.74) is 2.86.